The number of hydrogen-bond donors (Lipinski definition) is 1. The molecule has 2 amide bonds. The van der Waals surface area contributed by atoms with Crippen LogP contribution in [0.25, 0.3) is 0 Å². The van der Waals surface area contributed by atoms with E-state index in [4.69, 9.17) is 16.3 Å². The molecule has 1 aliphatic rings. The van der Waals surface area contributed by atoms with Crippen LogP contribution in [0.2, 0.25) is 5.02 Å². The number of carbonyl (C=O) groups excluding carboxylic acids is 2. The van der Waals surface area contributed by atoms with Gasteiger partial charge < -0.3 is 15.0 Å². The van der Waals surface area contributed by atoms with Crippen molar-refractivity contribution in [1.29, 1.82) is 0 Å². The molecule has 0 fully saturated rings. The van der Waals surface area contributed by atoms with Gasteiger partial charge in [0.1, 0.15) is 5.75 Å². The van der Waals surface area contributed by atoms with Gasteiger partial charge in [0.25, 0.3) is 5.91 Å². The number of nitrogens with zero attached hydrogens (tertiary/aromatic N) is 1. The van der Waals surface area contributed by atoms with Crippen LogP contribution in [0, 0.1) is 5.92 Å². The van der Waals surface area contributed by atoms with Gasteiger partial charge in [-0.1, -0.05) is 25.4 Å². The highest BCUT2D eigenvalue weighted by Crippen LogP contribution is 2.30. The molecule has 2 aromatic rings. The second-order valence-corrected chi connectivity index (χ2v) is 7.48. The molecule has 0 saturated heterocycles. The smallest absolute Gasteiger partial charge is 0.255 e. The molecule has 27 heavy (non-hydrogen) atoms. The summed E-state index contributed by atoms with van der Waals surface area (Å²) in [6.07, 6.45) is 0.754. The highest BCUT2D eigenvalue weighted by Gasteiger charge is 2.23. The number of carbonyl (C=O) groups is 2. The quantitative estimate of drug-likeness (QED) is 0.820. The zero-order valence-corrected chi connectivity index (χ0v) is 16.5. The number of ether oxygens (including phenoxy) is 1. The summed E-state index contributed by atoms with van der Waals surface area (Å²) in [5.74, 6) is 0.802. The lowest BCUT2D eigenvalue weighted by Crippen LogP contribution is -2.25. The fourth-order valence-corrected chi connectivity index (χ4v) is 3.26. The highest BCUT2D eigenvalue weighted by atomic mass is 35.5. The normalized spacial score (nSPS) is 12.9. The summed E-state index contributed by atoms with van der Waals surface area (Å²) in [7, 11) is 0. The molecule has 0 aliphatic carbocycles. The van der Waals surface area contributed by atoms with E-state index in [-0.39, 0.29) is 11.8 Å². The van der Waals surface area contributed by atoms with Crippen LogP contribution < -0.4 is 15.0 Å². The van der Waals surface area contributed by atoms with Crippen molar-refractivity contribution >= 4 is 34.8 Å². The van der Waals surface area contributed by atoms with Crippen molar-refractivity contribution < 1.29 is 14.3 Å². The molecule has 0 bridgehead atoms. The van der Waals surface area contributed by atoms with Crippen LogP contribution in [0.5, 0.6) is 5.75 Å². The van der Waals surface area contributed by atoms with Crippen molar-refractivity contribution in [1.82, 2.24) is 0 Å². The minimum absolute atomic E-state index is 0.0142. The Morgan fingerprint density at radius 1 is 1.22 bits per heavy atom. The maximum atomic E-state index is 12.6. The third-order valence-electron chi connectivity index (χ3n) is 4.38. The number of amides is 2. The lowest BCUT2D eigenvalue weighted by atomic mass is 10.1. The Balaban J connectivity index is 1.71. The van der Waals surface area contributed by atoms with Crippen molar-refractivity contribution in [2.45, 2.75) is 27.2 Å². The van der Waals surface area contributed by atoms with Gasteiger partial charge in [0.15, 0.2) is 0 Å². The summed E-state index contributed by atoms with van der Waals surface area (Å²) in [4.78, 5) is 25.9. The van der Waals surface area contributed by atoms with E-state index in [1.807, 2.05) is 12.1 Å². The molecular weight excluding hydrogens is 364 g/mol. The van der Waals surface area contributed by atoms with E-state index < -0.39 is 0 Å². The van der Waals surface area contributed by atoms with Crippen molar-refractivity contribution in [2.24, 2.45) is 5.92 Å². The average molecular weight is 387 g/mol. The van der Waals surface area contributed by atoms with Crippen LogP contribution in [0.4, 0.5) is 11.4 Å². The molecule has 0 spiro atoms. The minimum atomic E-state index is -0.217. The molecule has 5 nitrogen and oxygen atoms in total. The van der Waals surface area contributed by atoms with E-state index in [0.29, 0.717) is 41.1 Å². The largest absolute Gasteiger partial charge is 0.492 e. The lowest BCUT2D eigenvalue weighted by Gasteiger charge is -2.15. The summed E-state index contributed by atoms with van der Waals surface area (Å²) in [5.41, 5.74) is 3.05. The molecule has 0 aromatic heterocycles. The number of benzene rings is 2. The van der Waals surface area contributed by atoms with Crippen LogP contribution in [0.1, 0.15) is 36.7 Å². The van der Waals surface area contributed by atoms with Gasteiger partial charge in [-0.15, -0.1) is 0 Å². The molecule has 0 saturated carbocycles. The molecule has 0 unspecified atom stereocenters. The standard InChI is InChI=1S/C21H23ClN2O3/c1-13(2)12-27-20-7-5-17(11-18(20)22)23-21(26)16-4-6-19-15(10-16)8-9-24(19)14(3)25/h4-7,10-11,13H,8-9,12H2,1-3H3,(H,23,26). The highest BCUT2D eigenvalue weighted by molar-refractivity contribution is 6.32. The second kappa shape index (κ2) is 8.01. The third kappa shape index (κ3) is 4.42. The summed E-state index contributed by atoms with van der Waals surface area (Å²) < 4.78 is 5.65. The molecule has 2 aromatic carbocycles. The van der Waals surface area contributed by atoms with E-state index in [1.54, 1.807) is 36.1 Å². The predicted molar refractivity (Wildman–Crippen MR) is 108 cm³/mol. The minimum Gasteiger partial charge on any atom is -0.492 e. The first-order valence-electron chi connectivity index (χ1n) is 9.00. The van der Waals surface area contributed by atoms with E-state index in [9.17, 15) is 9.59 Å². The summed E-state index contributed by atoms with van der Waals surface area (Å²) in [5, 5.41) is 3.31. The van der Waals surface area contributed by atoms with Crippen molar-refractivity contribution in [3.8, 4) is 5.75 Å². The Hall–Kier alpha value is -2.53. The third-order valence-corrected chi connectivity index (χ3v) is 4.67. The van der Waals surface area contributed by atoms with Crippen molar-refractivity contribution in [2.75, 3.05) is 23.4 Å². The molecule has 1 aliphatic heterocycles. The Morgan fingerprint density at radius 3 is 2.67 bits per heavy atom. The topological polar surface area (TPSA) is 58.6 Å². The number of anilines is 2. The molecule has 0 radical (unpaired) electrons. The molecule has 1 heterocycles. The number of halogens is 1. The number of nitrogens with one attached hydrogen (secondary N) is 1. The summed E-state index contributed by atoms with van der Waals surface area (Å²) in [6, 6.07) is 10.6. The Morgan fingerprint density at radius 2 is 2.00 bits per heavy atom. The van der Waals surface area contributed by atoms with Crippen LogP contribution in [-0.4, -0.2) is 25.0 Å². The summed E-state index contributed by atoms with van der Waals surface area (Å²) >= 11 is 6.25. The second-order valence-electron chi connectivity index (χ2n) is 7.07. The van der Waals surface area contributed by atoms with E-state index in [1.165, 1.54) is 0 Å². The van der Waals surface area contributed by atoms with Crippen LogP contribution in [-0.2, 0) is 11.2 Å². The lowest BCUT2D eigenvalue weighted by molar-refractivity contribution is -0.116. The van der Waals surface area contributed by atoms with Crippen LogP contribution in [0.3, 0.4) is 0 Å². The fourth-order valence-electron chi connectivity index (χ4n) is 3.03. The number of hydrogen-bond acceptors (Lipinski definition) is 3. The maximum Gasteiger partial charge on any atom is 0.255 e. The Kier molecular flexibility index (Phi) is 5.71. The maximum absolute atomic E-state index is 12.6. The number of fused-ring (bicyclic) bond motifs is 1. The summed E-state index contributed by atoms with van der Waals surface area (Å²) in [6.45, 7) is 6.92. The first kappa shape index (κ1) is 19.2. The number of rotatable bonds is 5. The van der Waals surface area contributed by atoms with Gasteiger partial charge in [-0.25, -0.2) is 0 Å². The van der Waals surface area contributed by atoms with Gasteiger partial charge in [-0.05, 0) is 54.3 Å². The first-order valence-corrected chi connectivity index (χ1v) is 9.37. The van der Waals surface area contributed by atoms with Gasteiger partial charge in [0, 0.05) is 30.4 Å². The monoisotopic (exact) mass is 386 g/mol. The van der Waals surface area contributed by atoms with Gasteiger partial charge in [0.05, 0.1) is 11.6 Å². The average Bonchev–Trinajstić information content (AvgIpc) is 3.04. The zero-order chi connectivity index (χ0) is 19.6. The van der Waals surface area contributed by atoms with Gasteiger partial charge in [-0.3, -0.25) is 9.59 Å². The molecule has 1 N–H and O–H groups in total. The van der Waals surface area contributed by atoms with Crippen molar-refractivity contribution in [3.63, 3.8) is 0 Å². The molecular formula is C21H23ClN2O3. The van der Waals surface area contributed by atoms with Gasteiger partial charge >= 0.3 is 0 Å². The van der Waals surface area contributed by atoms with Crippen LogP contribution in [0.15, 0.2) is 36.4 Å². The van der Waals surface area contributed by atoms with Gasteiger partial charge in [-0.2, -0.15) is 0 Å². The molecule has 142 valence electrons. The van der Waals surface area contributed by atoms with E-state index in [2.05, 4.69) is 19.2 Å². The fraction of sp³-hybridized carbons (Fsp3) is 0.333. The zero-order valence-electron chi connectivity index (χ0n) is 15.7. The predicted octanol–water partition coefficient (Wildman–Crippen LogP) is 4.54. The van der Waals surface area contributed by atoms with E-state index >= 15 is 0 Å². The van der Waals surface area contributed by atoms with Gasteiger partial charge in [0.2, 0.25) is 5.91 Å². The Labute approximate surface area is 164 Å². The Bertz CT molecular complexity index is 880. The van der Waals surface area contributed by atoms with Crippen molar-refractivity contribution in [3.05, 3.63) is 52.5 Å². The molecule has 0 atom stereocenters. The van der Waals surface area contributed by atoms with Crippen LogP contribution >= 0.6 is 11.6 Å². The van der Waals surface area contributed by atoms with E-state index in [0.717, 1.165) is 17.7 Å². The molecule has 3 rings (SSSR count). The molecule has 6 heteroatoms. The first-order chi connectivity index (χ1) is 12.8. The SMILES string of the molecule is CC(=O)N1CCc2cc(C(=O)Nc3ccc(OCC(C)C)c(Cl)c3)ccc21.